The maximum absolute atomic E-state index is 11.9. The van der Waals surface area contributed by atoms with Crippen LogP contribution in [0.4, 0.5) is 0 Å². The number of nitrogens with zero attached hydrogens (tertiary/aromatic N) is 3. The average Bonchev–Trinajstić information content (AvgIpc) is 2.76. The van der Waals surface area contributed by atoms with E-state index >= 15 is 0 Å². The minimum absolute atomic E-state index is 0.00840. The Morgan fingerprint density at radius 3 is 2.29 bits per heavy atom. The van der Waals surface area contributed by atoms with Gasteiger partial charge in [0.15, 0.2) is 0 Å². The highest BCUT2D eigenvalue weighted by atomic mass is 16.5. The van der Waals surface area contributed by atoms with Gasteiger partial charge in [0.2, 0.25) is 11.8 Å². The predicted molar refractivity (Wildman–Crippen MR) is 112 cm³/mol. The number of carbonyl (C=O) groups is 1. The number of benzene rings is 2. The van der Waals surface area contributed by atoms with Gasteiger partial charge in [0.25, 0.3) is 0 Å². The van der Waals surface area contributed by atoms with Crippen LogP contribution >= 0.6 is 0 Å². The van der Waals surface area contributed by atoms with Crippen LogP contribution < -0.4 is 9.47 Å². The van der Waals surface area contributed by atoms with Crippen LogP contribution in [-0.2, 0) is 9.53 Å². The SMILES string of the molecule is CCO/C(C)=C(/C(=O)O)c1ccccc1Oc1cc(Oc2ccccc2C#N)ncn1. The van der Waals surface area contributed by atoms with Crippen molar-refractivity contribution in [2.75, 3.05) is 6.61 Å². The number of hydrogen-bond acceptors (Lipinski definition) is 7. The number of rotatable bonds is 8. The van der Waals surface area contributed by atoms with Crippen LogP contribution in [0.15, 0.2) is 66.7 Å². The number of aromatic nitrogens is 2. The van der Waals surface area contributed by atoms with Crippen LogP contribution in [0, 0.1) is 11.3 Å². The highest BCUT2D eigenvalue weighted by Gasteiger charge is 2.20. The molecule has 0 saturated heterocycles. The molecule has 0 atom stereocenters. The first-order chi connectivity index (χ1) is 15.0. The molecule has 3 aromatic rings. The number of carboxylic acids is 1. The zero-order valence-electron chi connectivity index (χ0n) is 16.9. The van der Waals surface area contributed by atoms with Crippen molar-refractivity contribution in [2.45, 2.75) is 13.8 Å². The van der Waals surface area contributed by atoms with E-state index in [0.29, 0.717) is 23.5 Å². The summed E-state index contributed by atoms with van der Waals surface area (Å²) in [5.74, 6) is 0.0718. The number of para-hydroxylation sites is 2. The van der Waals surface area contributed by atoms with Crippen LogP contribution in [0.2, 0.25) is 0 Å². The lowest BCUT2D eigenvalue weighted by Crippen LogP contribution is -2.06. The largest absolute Gasteiger partial charge is 0.498 e. The fourth-order valence-electron chi connectivity index (χ4n) is 2.81. The molecule has 0 saturated carbocycles. The van der Waals surface area contributed by atoms with Gasteiger partial charge in [0.05, 0.1) is 18.2 Å². The van der Waals surface area contributed by atoms with E-state index in [1.54, 1.807) is 62.4 Å². The van der Waals surface area contributed by atoms with Gasteiger partial charge in [-0.3, -0.25) is 0 Å². The molecule has 0 bridgehead atoms. The molecule has 0 aliphatic rings. The molecule has 0 unspecified atom stereocenters. The molecule has 0 spiro atoms. The molecule has 0 radical (unpaired) electrons. The fraction of sp³-hybridized carbons (Fsp3) is 0.130. The Kier molecular flexibility index (Phi) is 6.81. The van der Waals surface area contributed by atoms with Crippen molar-refractivity contribution in [3.05, 3.63) is 77.8 Å². The first-order valence-corrected chi connectivity index (χ1v) is 9.36. The zero-order chi connectivity index (χ0) is 22.2. The van der Waals surface area contributed by atoms with E-state index in [1.165, 1.54) is 12.4 Å². The van der Waals surface area contributed by atoms with Gasteiger partial charge in [0, 0.05) is 5.56 Å². The summed E-state index contributed by atoms with van der Waals surface area (Å²) in [4.78, 5) is 20.0. The Balaban J connectivity index is 1.93. The van der Waals surface area contributed by atoms with Gasteiger partial charge < -0.3 is 19.3 Å². The molecule has 156 valence electrons. The van der Waals surface area contributed by atoms with Gasteiger partial charge in [-0.05, 0) is 32.0 Å². The van der Waals surface area contributed by atoms with E-state index in [4.69, 9.17) is 14.2 Å². The number of allylic oxidation sites excluding steroid dienone is 1. The highest BCUT2D eigenvalue weighted by molar-refractivity contribution is 6.16. The molecule has 1 aromatic heterocycles. The normalized spacial score (nSPS) is 11.1. The van der Waals surface area contributed by atoms with Crippen LogP contribution in [0.25, 0.3) is 5.57 Å². The molecular weight excluding hydrogens is 398 g/mol. The summed E-state index contributed by atoms with van der Waals surface area (Å²) in [7, 11) is 0. The number of hydrogen-bond donors (Lipinski definition) is 1. The lowest BCUT2D eigenvalue weighted by atomic mass is 10.0. The summed E-state index contributed by atoms with van der Waals surface area (Å²) in [5.41, 5.74) is 0.694. The summed E-state index contributed by atoms with van der Waals surface area (Å²) in [5, 5.41) is 18.9. The van der Waals surface area contributed by atoms with Crippen molar-refractivity contribution in [3.8, 4) is 29.3 Å². The minimum Gasteiger partial charge on any atom is -0.498 e. The number of nitriles is 1. The Morgan fingerprint density at radius 1 is 1.03 bits per heavy atom. The predicted octanol–water partition coefficient (Wildman–Crippen LogP) is 4.78. The van der Waals surface area contributed by atoms with Crippen molar-refractivity contribution < 1.29 is 24.1 Å². The van der Waals surface area contributed by atoms with Gasteiger partial charge in [-0.25, -0.2) is 14.8 Å². The maximum Gasteiger partial charge on any atom is 0.339 e. The molecule has 1 heterocycles. The third-order valence-electron chi connectivity index (χ3n) is 4.14. The Hall–Kier alpha value is -4.38. The second kappa shape index (κ2) is 9.89. The van der Waals surface area contributed by atoms with E-state index in [0.717, 1.165) is 0 Å². The molecule has 2 aromatic carbocycles. The summed E-state index contributed by atoms with van der Waals surface area (Å²) in [6.45, 7) is 3.70. The molecule has 0 aliphatic heterocycles. The van der Waals surface area contributed by atoms with Crippen LogP contribution in [0.3, 0.4) is 0 Å². The zero-order valence-corrected chi connectivity index (χ0v) is 16.9. The molecule has 1 N–H and O–H groups in total. The monoisotopic (exact) mass is 417 g/mol. The topological polar surface area (TPSA) is 115 Å². The average molecular weight is 417 g/mol. The van der Waals surface area contributed by atoms with Gasteiger partial charge in [-0.1, -0.05) is 30.3 Å². The lowest BCUT2D eigenvalue weighted by Gasteiger charge is -2.14. The van der Waals surface area contributed by atoms with Gasteiger partial charge in [0.1, 0.15) is 35.2 Å². The van der Waals surface area contributed by atoms with Crippen molar-refractivity contribution in [2.24, 2.45) is 0 Å². The minimum atomic E-state index is -1.14. The maximum atomic E-state index is 11.9. The fourth-order valence-corrected chi connectivity index (χ4v) is 2.81. The van der Waals surface area contributed by atoms with Crippen molar-refractivity contribution in [1.82, 2.24) is 9.97 Å². The molecule has 8 heteroatoms. The van der Waals surface area contributed by atoms with E-state index < -0.39 is 5.97 Å². The molecule has 0 fully saturated rings. The van der Waals surface area contributed by atoms with Gasteiger partial charge in [-0.2, -0.15) is 5.26 Å². The number of aliphatic carboxylic acids is 1. The Labute approximate surface area is 179 Å². The summed E-state index contributed by atoms with van der Waals surface area (Å²) >= 11 is 0. The quantitative estimate of drug-likeness (QED) is 0.411. The van der Waals surface area contributed by atoms with Crippen molar-refractivity contribution in [1.29, 1.82) is 5.26 Å². The highest BCUT2D eigenvalue weighted by Crippen LogP contribution is 2.33. The van der Waals surface area contributed by atoms with Crippen LogP contribution in [0.5, 0.6) is 23.3 Å². The molecular formula is C23H19N3O5. The molecule has 8 nitrogen and oxygen atoms in total. The number of ether oxygens (including phenoxy) is 3. The second-order valence-electron chi connectivity index (χ2n) is 6.17. The Morgan fingerprint density at radius 2 is 1.65 bits per heavy atom. The molecule has 3 rings (SSSR count). The van der Waals surface area contributed by atoms with Gasteiger partial charge in [-0.15, -0.1) is 0 Å². The van der Waals surface area contributed by atoms with E-state index in [1.807, 2.05) is 6.07 Å². The summed E-state index contributed by atoms with van der Waals surface area (Å²) in [6.07, 6.45) is 1.25. The lowest BCUT2D eigenvalue weighted by molar-refractivity contribution is -0.130. The third-order valence-corrected chi connectivity index (χ3v) is 4.14. The van der Waals surface area contributed by atoms with Gasteiger partial charge >= 0.3 is 5.97 Å². The molecule has 0 amide bonds. The molecule has 0 aliphatic carbocycles. The van der Waals surface area contributed by atoms with E-state index in [2.05, 4.69) is 9.97 Å². The van der Waals surface area contributed by atoms with Crippen LogP contribution in [-0.4, -0.2) is 27.7 Å². The first kappa shape index (κ1) is 21.3. The second-order valence-corrected chi connectivity index (χ2v) is 6.17. The number of carboxylic acid groups (broad SMARTS) is 1. The smallest absolute Gasteiger partial charge is 0.339 e. The van der Waals surface area contributed by atoms with E-state index in [-0.39, 0.29) is 28.8 Å². The summed E-state index contributed by atoms with van der Waals surface area (Å²) in [6, 6.07) is 16.9. The summed E-state index contributed by atoms with van der Waals surface area (Å²) < 4.78 is 16.9. The molecule has 31 heavy (non-hydrogen) atoms. The third kappa shape index (κ3) is 5.16. The van der Waals surface area contributed by atoms with Crippen LogP contribution in [0.1, 0.15) is 25.0 Å². The van der Waals surface area contributed by atoms with E-state index in [9.17, 15) is 15.2 Å². The first-order valence-electron chi connectivity index (χ1n) is 9.36. The Bertz CT molecular complexity index is 1170. The van der Waals surface area contributed by atoms with Crippen molar-refractivity contribution in [3.63, 3.8) is 0 Å². The van der Waals surface area contributed by atoms with Crippen molar-refractivity contribution >= 4 is 11.5 Å². The standard InChI is InChI=1S/C23H19N3O5/c1-3-29-15(2)22(23(27)28)17-9-5-7-11-19(17)31-21-12-20(25-14-26-21)30-18-10-6-4-8-16(18)13-24/h4-12,14H,3H2,1-2H3,(H,27,28)/b22-15+.